The summed E-state index contributed by atoms with van der Waals surface area (Å²) in [6.45, 7) is 0. The number of aromatic nitrogens is 3. The Labute approximate surface area is 99.0 Å². The number of hydrogen-bond donors (Lipinski definition) is 1. The van der Waals surface area contributed by atoms with Crippen LogP contribution in [0.4, 0.5) is 5.69 Å². The predicted molar refractivity (Wildman–Crippen MR) is 62.7 cm³/mol. The Morgan fingerprint density at radius 2 is 2.18 bits per heavy atom. The molecule has 2 aromatic rings. The van der Waals surface area contributed by atoms with E-state index in [0.717, 1.165) is 0 Å². The first-order valence-electron chi connectivity index (χ1n) is 4.89. The highest BCUT2D eigenvalue weighted by Gasteiger charge is 2.18. The molecule has 2 N–H and O–H groups in total. The van der Waals surface area contributed by atoms with Crippen LogP contribution in [0.3, 0.4) is 0 Å². The summed E-state index contributed by atoms with van der Waals surface area (Å²) >= 11 is 0. The number of aryl methyl sites for hydroxylation is 1. The lowest BCUT2D eigenvalue weighted by molar-refractivity contribution is 0.595. The Balaban J connectivity index is 2.35. The lowest BCUT2D eigenvalue weighted by Crippen LogP contribution is -2.07. The summed E-state index contributed by atoms with van der Waals surface area (Å²) in [5.41, 5.74) is 6.39. The smallest absolute Gasteiger partial charge is 0.184 e. The molecule has 6 nitrogen and oxygen atoms in total. The van der Waals surface area contributed by atoms with Gasteiger partial charge in [0.25, 0.3) is 0 Å². The minimum Gasteiger partial charge on any atom is -0.396 e. The fourth-order valence-corrected chi connectivity index (χ4v) is 2.94. The highest BCUT2D eigenvalue weighted by molar-refractivity contribution is 7.90. The van der Waals surface area contributed by atoms with Gasteiger partial charge in [-0.15, -0.1) is 0 Å². The van der Waals surface area contributed by atoms with E-state index in [4.69, 9.17) is 5.73 Å². The van der Waals surface area contributed by atoms with Gasteiger partial charge in [0, 0.05) is 25.0 Å². The molecular formula is C10H12N4O2S. The number of nitrogen functional groups attached to an aromatic ring is 1. The summed E-state index contributed by atoms with van der Waals surface area (Å²) in [6.07, 6.45) is 5.92. The Morgan fingerprint density at radius 1 is 1.41 bits per heavy atom. The zero-order chi connectivity index (χ0) is 12.5. The van der Waals surface area contributed by atoms with Crippen LogP contribution in [0.5, 0.6) is 0 Å². The molecule has 2 aromatic heterocycles. The van der Waals surface area contributed by atoms with E-state index in [1.54, 1.807) is 17.9 Å². The van der Waals surface area contributed by atoms with E-state index in [1.165, 1.54) is 24.7 Å². The zero-order valence-electron chi connectivity index (χ0n) is 9.24. The second-order valence-electron chi connectivity index (χ2n) is 3.69. The highest BCUT2D eigenvalue weighted by Crippen LogP contribution is 2.20. The Morgan fingerprint density at radius 3 is 2.76 bits per heavy atom. The molecule has 0 saturated heterocycles. The summed E-state index contributed by atoms with van der Waals surface area (Å²) in [6, 6.07) is 1.40. The van der Waals surface area contributed by atoms with E-state index in [0.29, 0.717) is 5.56 Å². The number of pyridine rings is 1. The third kappa shape index (κ3) is 2.44. The summed E-state index contributed by atoms with van der Waals surface area (Å²) < 4.78 is 25.7. The second-order valence-corrected chi connectivity index (χ2v) is 5.65. The number of nitrogens with zero attached hydrogens (tertiary/aromatic N) is 3. The van der Waals surface area contributed by atoms with Gasteiger partial charge in [-0.05, 0) is 6.07 Å². The van der Waals surface area contributed by atoms with E-state index in [1.807, 2.05) is 0 Å². The molecule has 0 saturated carbocycles. The van der Waals surface area contributed by atoms with Crippen LogP contribution in [-0.4, -0.2) is 23.2 Å². The molecule has 0 fully saturated rings. The van der Waals surface area contributed by atoms with Crippen molar-refractivity contribution in [2.24, 2.45) is 7.05 Å². The van der Waals surface area contributed by atoms with Gasteiger partial charge in [0.2, 0.25) is 0 Å². The van der Waals surface area contributed by atoms with Crippen molar-refractivity contribution in [3.8, 4) is 0 Å². The maximum Gasteiger partial charge on any atom is 0.184 e. The molecule has 0 radical (unpaired) electrons. The first-order chi connectivity index (χ1) is 7.99. The van der Waals surface area contributed by atoms with Crippen molar-refractivity contribution in [1.82, 2.24) is 14.8 Å². The van der Waals surface area contributed by atoms with Gasteiger partial charge in [0.05, 0.1) is 28.7 Å². The molecule has 0 amide bonds. The van der Waals surface area contributed by atoms with Crippen LogP contribution in [0, 0.1) is 0 Å². The molecule has 0 spiro atoms. The first kappa shape index (κ1) is 11.6. The van der Waals surface area contributed by atoms with E-state index in [9.17, 15) is 8.42 Å². The number of anilines is 1. The van der Waals surface area contributed by atoms with Gasteiger partial charge in [0.1, 0.15) is 0 Å². The van der Waals surface area contributed by atoms with Gasteiger partial charge >= 0.3 is 0 Å². The van der Waals surface area contributed by atoms with E-state index < -0.39 is 9.84 Å². The third-order valence-electron chi connectivity index (χ3n) is 2.26. The van der Waals surface area contributed by atoms with Crippen LogP contribution in [0.15, 0.2) is 35.7 Å². The van der Waals surface area contributed by atoms with E-state index >= 15 is 0 Å². The second kappa shape index (κ2) is 4.17. The number of nitrogens with two attached hydrogens (primary N) is 1. The van der Waals surface area contributed by atoms with Crippen LogP contribution in [-0.2, 0) is 22.6 Å². The Kier molecular flexibility index (Phi) is 2.84. The van der Waals surface area contributed by atoms with Crippen molar-refractivity contribution in [3.63, 3.8) is 0 Å². The lowest BCUT2D eigenvalue weighted by Gasteiger charge is -2.05. The minimum atomic E-state index is -3.45. The number of sulfone groups is 1. The van der Waals surface area contributed by atoms with Crippen molar-refractivity contribution in [2.75, 3.05) is 5.73 Å². The van der Waals surface area contributed by atoms with Crippen molar-refractivity contribution in [2.45, 2.75) is 10.6 Å². The van der Waals surface area contributed by atoms with Gasteiger partial charge in [0.15, 0.2) is 9.84 Å². The number of rotatable bonds is 3. The van der Waals surface area contributed by atoms with Crippen molar-refractivity contribution < 1.29 is 8.42 Å². The molecule has 0 aliphatic heterocycles. The summed E-state index contributed by atoms with van der Waals surface area (Å²) in [7, 11) is -1.72. The normalized spacial score (nSPS) is 11.6. The quantitative estimate of drug-likeness (QED) is 0.852. The Hall–Kier alpha value is -1.89. The lowest BCUT2D eigenvalue weighted by atomic mass is 10.4. The SMILES string of the molecule is Cn1cc(CS(=O)(=O)c2ccncc2N)cn1. The van der Waals surface area contributed by atoms with Crippen molar-refractivity contribution in [3.05, 3.63) is 36.4 Å². The molecule has 0 aliphatic carbocycles. The van der Waals surface area contributed by atoms with Gasteiger partial charge in [-0.3, -0.25) is 9.67 Å². The maximum absolute atomic E-state index is 12.1. The van der Waals surface area contributed by atoms with Crippen molar-refractivity contribution in [1.29, 1.82) is 0 Å². The number of hydrogen-bond acceptors (Lipinski definition) is 5. The van der Waals surface area contributed by atoms with Crippen LogP contribution in [0.1, 0.15) is 5.56 Å². The van der Waals surface area contributed by atoms with Gasteiger partial charge < -0.3 is 5.73 Å². The minimum absolute atomic E-state index is 0.108. The molecule has 90 valence electrons. The summed E-state index contributed by atoms with van der Waals surface area (Å²) in [4.78, 5) is 3.87. The molecule has 2 rings (SSSR count). The molecular weight excluding hydrogens is 240 g/mol. The fourth-order valence-electron chi connectivity index (χ4n) is 1.52. The molecule has 0 aromatic carbocycles. The standard InChI is InChI=1S/C10H12N4O2S/c1-14-6-8(4-13-14)7-17(15,16)10-2-3-12-5-9(10)11/h2-6H,7,11H2,1H3. The van der Waals surface area contributed by atoms with Gasteiger partial charge in [-0.2, -0.15) is 5.10 Å². The zero-order valence-corrected chi connectivity index (χ0v) is 10.1. The maximum atomic E-state index is 12.1. The molecule has 7 heteroatoms. The van der Waals surface area contributed by atoms with Crippen LogP contribution < -0.4 is 5.73 Å². The van der Waals surface area contributed by atoms with Crippen LogP contribution in [0.2, 0.25) is 0 Å². The van der Waals surface area contributed by atoms with Crippen LogP contribution in [0.25, 0.3) is 0 Å². The van der Waals surface area contributed by atoms with Crippen molar-refractivity contribution >= 4 is 15.5 Å². The van der Waals surface area contributed by atoms with Crippen LogP contribution >= 0.6 is 0 Å². The summed E-state index contributed by atoms with van der Waals surface area (Å²) in [5.74, 6) is -0.116. The molecule has 0 bridgehead atoms. The van der Waals surface area contributed by atoms with E-state index in [2.05, 4.69) is 10.1 Å². The highest BCUT2D eigenvalue weighted by atomic mass is 32.2. The molecule has 17 heavy (non-hydrogen) atoms. The average Bonchev–Trinajstić information content (AvgIpc) is 2.63. The van der Waals surface area contributed by atoms with Gasteiger partial charge in [-0.25, -0.2) is 8.42 Å². The Bertz CT molecular complexity index is 633. The molecule has 2 heterocycles. The van der Waals surface area contributed by atoms with Gasteiger partial charge in [-0.1, -0.05) is 0 Å². The molecule has 0 atom stereocenters. The summed E-state index contributed by atoms with van der Waals surface area (Å²) in [5, 5.41) is 3.93. The molecule has 0 unspecified atom stereocenters. The predicted octanol–water partition coefficient (Wildman–Crippen LogP) is 0.371. The molecule has 0 aliphatic rings. The first-order valence-corrected chi connectivity index (χ1v) is 6.54. The monoisotopic (exact) mass is 252 g/mol. The third-order valence-corrected chi connectivity index (χ3v) is 4.02. The average molecular weight is 252 g/mol. The fraction of sp³-hybridized carbons (Fsp3) is 0.200. The topological polar surface area (TPSA) is 90.9 Å². The van der Waals surface area contributed by atoms with E-state index in [-0.39, 0.29) is 16.3 Å². The largest absolute Gasteiger partial charge is 0.396 e.